The first-order valence-corrected chi connectivity index (χ1v) is 8.38. The standard InChI is InChI=1S/C18H22N4/c19-20-17-13-10-6-7-11-14(13)18-15(17)16(21-22-18)12-8-4-2-1-3-5-9-12/h6-7,10-12,19,21-22H,1-5,8-9H2. The van der Waals surface area contributed by atoms with Crippen molar-refractivity contribution >= 4 is 16.5 Å². The molecule has 1 aromatic carbocycles. The number of benzene rings is 1. The van der Waals surface area contributed by atoms with Gasteiger partial charge in [-0.25, -0.2) is 5.53 Å². The molecule has 0 atom stereocenters. The maximum absolute atomic E-state index is 7.65. The van der Waals surface area contributed by atoms with Gasteiger partial charge in [0.1, 0.15) is 5.69 Å². The van der Waals surface area contributed by atoms with Gasteiger partial charge in [-0.05, 0) is 12.8 Å². The fourth-order valence-electron chi connectivity index (χ4n) is 4.05. The predicted molar refractivity (Wildman–Crippen MR) is 89.1 cm³/mol. The summed E-state index contributed by atoms with van der Waals surface area (Å²) in [5.74, 6) is 0.561. The van der Waals surface area contributed by atoms with Crippen LogP contribution in [-0.2, 0) is 0 Å². The third-order valence-corrected chi connectivity index (χ3v) is 5.16. The maximum Gasteiger partial charge on any atom is 0.104 e. The highest BCUT2D eigenvalue weighted by Crippen LogP contribution is 2.48. The van der Waals surface area contributed by atoms with E-state index in [2.05, 4.69) is 27.4 Å². The molecule has 0 spiro atoms. The van der Waals surface area contributed by atoms with Gasteiger partial charge in [-0.1, -0.05) is 56.4 Å². The average molecular weight is 294 g/mol. The Morgan fingerprint density at radius 2 is 1.59 bits per heavy atom. The van der Waals surface area contributed by atoms with Crippen molar-refractivity contribution in [3.8, 4) is 11.3 Å². The summed E-state index contributed by atoms with van der Waals surface area (Å²) >= 11 is 0. The van der Waals surface area contributed by atoms with Crippen molar-refractivity contribution < 1.29 is 0 Å². The molecule has 0 amide bonds. The lowest BCUT2D eigenvalue weighted by Gasteiger charge is -2.19. The summed E-state index contributed by atoms with van der Waals surface area (Å²) in [5.41, 5.74) is 12.0. The smallest absolute Gasteiger partial charge is 0.104 e. The number of aromatic amines is 2. The largest absolute Gasteiger partial charge is 0.304 e. The molecule has 4 heteroatoms. The molecule has 114 valence electrons. The van der Waals surface area contributed by atoms with E-state index in [1.165, 1.54) is 50.6 Å². The Balaban J connectivity index is 1.84. The molecular formula is C18H22N4. The zero-order chi connectivity index (χ0) is 14.9. The molecule has 0 saturated heterocycles. The predicted octanol–water partition coefficient (Wildman–Crippen LogP) is 6.09. The van der Waals surface area contributed by atoms with Gasteiger partial charge in [0.05, 0.1) is 5.69 Å². The van der Waals surface area contributed by atoms with Gasteiger partial charge in [0, 0.05) is 27.9 Å². The average Bonchev–Trinajstić information content (AvgIpc) is 3.05. The Kier molecular flexibility index (Phi) is 3.45. The van der Waals surface area contributed by atoms with Crippen LogP contribution in [0.2, 0.25) is 0 Å². The van der Waals surface area contributed by atoms with E-state index in [0.29, 0.717) is 5.92 Å². The molecule has 4 nitrogen and oxygen atoms in total. The van der Waals surface area contributed by atoms with Crippen LogP contribution in [0.1, 0.15) is 56.6 Å². The van der Waals surface area contributed by atoms with Gasteiger partial charge >= 0.3 is 0 Å². The molecule has 0 unspecified atom stereocenters. The molecule has 1 heterocycles. The molecule has 0 radical (unpaired) electrons. The van der Waals surface area contributed by atoms with Gasteiger partial charge in [0.15, 0.2) is 0 Å². The second-order valence-corrected chi connectivity index (χ2v) is 6.46. The number of hydrogen-bond acceptors (Lipinski definition) is 2. The monoisotopic (exact) mass is 294 g/mol. The molecular weight excluding hydrogens is 272 g/mol. The van der Waals surface area contributed by atoms with Crippen LogP contribution in [0, 0.1) is 5.53 Å². The van der Waals surface area contributed by atoms with Gasteiger partial charge in [0.2, 0.25) is 0 Å². The van der Waals surface area contributed by atoms with Gasteiger partial charge in [-0.3, -0.25) is 5.10 Å². The van der Waals surface area contributed by atoms with Crippen molar-refractivity contribution in [1.82, 2.24) is 10.2 Å². The van der Waals surface area contributed by atoms with E-state index in [9.17, 15) is 0 Å². The van der Waals surface area contributed by atoms with Crippen LogP contribution in [0.4, 0.5) is 5.69 Å². The lowest BCUT2D eigenvalue weighted by molar-refractivity contribution is 0.450. The number of hydrogen-bond donors (Lipinski definition) is 3. The summed E-state index contributed by atoms with van der Waals surface area (Å²) in [6, 6.07) is 8.25. The zero-order valence-electron chi connectivity index (χ0n) is 12.8. The van der Waals surface area contributed by atoms with E-state index >= 15 is 0 Å². The minimum absolute atomic E-state index is 0.561. The molecule has 0 bridgehead atoms. The van der Waals surface area contributed by atoms with E-state index < -0.39 is 0 Å². The lowest BCUT2D eigenvalue weighted by atomic mass is 9.87. The number of nitrogens with zero attached hydrogens (tertiary/aromatic N) is 1. The summed E-state index contributed by atoms with van der Waals surface area (Å²) in [6.45, 7) is 0. The summed E-state index contributed by atoms with van der Waals surface area (Å²) < 4.78 is 0. The molecule has 1 aromatic rings. The van der Waals surface area contributed by atoms with Crippen LogP contribution in [0.3, 0.4) is 0 Å². The van der Waals surface area contributed by atoms with E-state index in [1.54, 1.807) is 0 Å². The van der Waals surface area contributed by atoms with Crippen LogP contribution in [0.15, 0.2) is 29.4 Å². The molecule has 1 aliphatic heterocycles. The van der Waals surface area contributed by atoms with Gasteiger partial charge in [-0.15, -0.1) is 0 Å². The highest BCUT2D eigenvalue weighted by molar-refractivity contribution is 6.11. The Labute approximate surface area is 130 Å². The Bertz CT molecular complexity index is 759. The SMILES string of the molecule is N=Nc1c2c(C3CCCCCCC3)[nH][nH]c-2c2ccccc12. The van der Waals surface area contributed by atoms with Crippen molar-refractivity contribution in [3.05, 3.63) is 30.0 Å². The first-order valence-electron chi connectivity index (χ1n) is 8.38. The van der Waals surface area contributed by atoms with Crippen molar-refractivity contribution in [1.29, 1.82) is 5.53 Å². The fraction of sp³-hybridized carbons (Fsp3) is 0.444. The first kappa shape index (κ1) is 13.6. The summed E-state index contributed by atoms with van der Waals surface area (Å²) in [5, 5.41) is 12.9. The molecule has 22 heavy (non-hydrogen) atoms. The first-order chi connectivity index (χ1) is 10.9. The number of nitrogens with one attached hydrogen (secondary N) is 3. The van der Waals surface area contributed by atoms with Crippen molar-refractivity contribution in [2.75, 3.05) is 0 Å². The lowest BCUT2D eigenvalue weighted by Crippen LogP contribution is -2.03. The number of aromatic nitrogens is 2. The molecule has 3 N–H and O–H groups in total. The maximum atomic E-state index is 7.65. The molecule has 2 aliphatic carbocycles. The van der Waals surface area contributed by atoms with Crippen molar-refractivity contribution in [2.24, 2.45) is 5.11 Å². The summed E-state index contributed by atoms with van der Waals surface area (Å²) in [6.07, 6.45) is 9.17. The summed E-state index contributed by atoms with van der Waals surface area (Å²) in [7, 11) is 0. The van der Waals surface area contributed by atoms with Crippen LogP contribution in [0.25, 0.3) is 22.0 Å². The van der Waals surface area contributed by atoms with E-state index in [4.69, 9.17) is 5.53 Å². The second kappa shape index (κ2) is 5.59. The highest BCUT2D eigenvalue weighted by atomic mass is 15.1. The minimum Gasteiger partial charge on any atom is -0.304 e. The minimum atomic E-state index is 0.561. The van der Waals surface area contributed by atoms with E-state index in [0.717, 1.165) is 27.7 Å². The molecule has 1 fully saturated rings. The summed E-state index contributed by atoms with van der Waals surface area (Å²) in [4.78, 5) is 0. The molecule has 4 rings (SSSR count). The van der Waals surface area contributed by atoms with Gasteiger partial charge in [0.25, 0.3) is 0 Å². The Hall–Kier alpha value is -2.10. The Morgan fingerprint density at radius 1 is 0.909 bits per heavy atom. The quantitative estimate of drug-likeness (QED) is 0.479. The van der Waals surface area contributed by atoms with Gasteiger partial charge in [-0.2, -0.15) is 5.11 Å². The normalized spacial score (nSPS) is 17.6. The Morgan fingerprint density at radius 3 is 2.32 bits per heavy atom. The fourth-order valence-corrected chi connectivity index (χ4v) is 4.05. The van der Waals surface area contributed by atoms with Crippen LogP contribution < -0.4 is 0 Å². The van der Waals surface area contributed by atoms with Crippen LogP contribution in [-0.4, -0.2) is 10.2 Å². The second-order valence-electron chi connectivity index (χ2n) is 6.46. The highest BCUT2D eigenvalue weighted by Gasteiger charge is 2.27. The number of fused-ring (bicyclic) bond motifs is 3. The number of H-pyrrole nitrogens is 2. The van der Waals surface area contributed by atoms with Gasteiger partial charge < -0.3 is 5.10 Å². The van der Waals surface area contributed by atoms with Crippen LogP contribution in [0.5, 0.6) is 0 Å². The molecule has 1 saturated carbocycles. The van der Waals surface area contributed by atoms with Crippen molar-refractivity contribution in [3.63, 3.8) is 0 Å². The third-order valence-electron chi connectivity index (χ3n) is 5.16. The van der Waals surface area contributed by atoms with E-state index in [-0.39, 0.29) is 0 Å². The topological polar surface area (TPSA) is 67.8 Å². The number of rotatable bonds is 2. The molecule has 3 aliphatic rings. The zero-order valence-corrected chi connectivity index (χ0v) is 12.8. The molecule has 0 aromatic heterocycles. The van der Waals surface area contributed by atoms with Crippen LogP contribution >= 0.6 is 0 Å². The van der Waals surface area contributed by atoms with Crippen molar-refractivity contribution in [2.45, 2.75) is 50.9 Å². The van der Waals surface area contributed by atoms with E-state index in [1.807, 2.05) is 12.1 Å². The third kappa shape index (κ3) is 2.05.